The van der Waals surface area contributed by atoms with Crippen molar-refractivity contribution in [2.24, 2.45) is 12.5 Å². The minimum absolute atomic E-state index is 0.0835. The highest BCUT2D eigenvalue weighted by atomic mass is 32.2. The second-order valence-electron chi connectivity index (χ2n) is 8.23. The summed E-state index contributed by atoms with van der Waals surface area (Å²) in [6.45, 7) is 5.99. The molecule has 0 aromatic carbocycles. The Morgan fingerprint density at radius 3 is 2.26 bits per heavy atom. The number of alkyl halides is 3. The number of sulfonamides is 1. The van der Waals surface area contributed by atoms with Gasteiger partial charge in [-0.1, -0.05) is 0 Å². The van der Waals surface area contributed by atoms with E-state index in [4.69, 9.17) is 4.74 Å². The summed E-state index contributed by atoms with van der Waals surface area (Å²) in [5.41, 5.74) is -1.19. The number of rotatable bonds is 3. The fourth-order valence-corrected chi connectivity index (χ4v) is 6.09. The molecule has 3 fully saturated rings. The highest BCUT2D eigenvalue weighted by Crippen LogP contribution is 2.47. The Morgan fingerprint density at radius 1 is 1.15 bits per heavy atom. The zero-order valence-electron chi connectivity index (χ0n) is 15.3. The fraction of sp³-hybridized carbons (Fsp3) is 0.812. The van der Waals surface area contributed by atoms with Crippen molar-refractivity contribution >= 4 is 10.0 Å². The zero-order chi connectivity index (χ0) is 19.7. The second-order valence-corrected chi connectivity index (χ2v) is 10.1. The second kappa shape index (κ2) is 5.91. The molecule has 0 saturated carbocycles. The van der Waals surface area contributed by atoms with Crippen LogP contribution in [0.4, 0.5) is 13.2 Å². The van der Waals surface area contributed by atoms with Gasteiger partial charge in [-0.05, 0) is 19.8 Å². The number of halogens is 3. The van der Waals surface area contributed by atoms with E-state index in [-0.39, 0.29) is 11.0 Å². The fourth-order valence-electron chi connectivity index (χ4n) is 4.31. The molecule has 3 aliphatic rings. The minimum atomic E-state index is -4.67. The van der Waals surface area contributed by atoms with E-state index in [0.29, 0.717) is 19.2 Å². The van der Waals surface area contributed by atoms with Crippen molar-refractivity contribution in [3.05, 3.63) is 11.8 Å². The molecule has 3 aliphatic heterocycles. The predicted octanol–water partition coefficient (Wildman–Crippen LogP) is 1.31. The number of likely N-dealkylation sites (tertiary alicyclic amines) is 1. The number of ether oxygens (including phenoxy) is 1. The average Bonchev–Trinajstić information content (AvgIpc) is 2.87. The monoisotopic (exact) mass is 408 g/mol. The maximum Gasteiger partial charge on any atom is 0.435 e. The molecule has 11 heteroatoms. The molecular weight excluding hydrogens is 385 g/mol. The van der Waals surface area contributed by atoms with Crippen LogP contribution in [0.1, 0.15) is 25.5 Å². The Morgan fingerprint density at radius 2 is 1.74 bits per heavy atom. The van der Waals surface area contributed by atoms with E-state index < -0.39 is 26.9 Å². The first-order chi connectivity index (χ1) is 12.5. The third-order valence-electron chi connectivity index (χ3n) is 6.14. The van der Waals surface area contributed by atoms with Crippen molar-refractivity contribution in [1.82, 2.24) is 19.0 Å². The zero-order valence-corrected chi connectivity index (χ0v) is 16.1. The van der Waals surface area contributed by atoms with E-state index in [1.54, 1.807) is 0 Å². The van der Waals surface area contributed by atoms with E-state index in [2.05, 4.69) is 16.9 Å². The van der Waals surface area contributed by atoms with Crippen LogP contribution in [-0.4, -0.2) is 72.3 Å². The molecule has 1 spiro atoms. The molecule has 3 saturated heterocycles. The summed E-state index contributed by atoms with van der Waals surface area (Å²) in [5.74, 6) is 0. The summed E-state index contributed by atoms with van der Waals surface area (Å²) < 4.78 is 71.3. The lowest BCUT2D eigenvalue weighted by molar-refractivity contribution is -0.148. The molecular formula is C16H23F3N4O3S. The van der Waals surface area contributed by atoms with E-state index >= 15 is 0 Å². The number of aryl methyl sites for hydroxylation is 1. The van der Waals surface area contributed by atoms with Gasteiger partial charge in [-0.25, -0.2) is 8.42 Å². The molecule has 0 atom stereocenters. The van der Waals surface area contributed by atoms with E-state index in [0.717, 1.165) is 43.8 Å². The summed E-state index contributed by atoms with van der Waals surface area (Å²) in [6, 6.07) is 0.608. The van der Waals surface area contributed by atoms with Crippen molar-refractivity contribution in [2.45, 2.75) is 36.5 Å². The lowest BCUT2D eigenvalue weighted by Crippen LogP contribution is -2.76. The van der Waals surface area contributed by atoms with Gasteiger partial charge < -0.3 is 4.74 Å². The predicted molar refractivity (Wildman–Crippen MR) is 89.4 cm³/mol. The van der Waals surface area contributed by atoms with Crippen LogP contribution in [-0.2, 0) is 28.0 Å². The highest BCUT2D eigenvalue weighted by molar-refractivity contribution is 7.89. The lowest BCUT2D eigenvalue weighted by Gasteiger charge is -2.64. The largest absolute Gasteiger partial charge is 0.435 e. The molecule has 4 rings (SSSR count). The van der Waals surface area contributed by atoms with Gasteiger partial charge in [0.2, 0.25) is 0 Å². The quantitative estimate of drug-likeness (QED) is 0.755. The molecule has 0 unspecified atom stereocenters. The van der Waals surface area contributed by atoms with Crippen molar-refractivity contribution in [2.75, 3.05) is 39.4 Å². The summed E-state index contributed by atoms with van der Waals surface area (Å²) in [5, 5.41) is 2.89. The van der Waals surface area contributed by atoms with Crippen molar-refractivity contribution in [3.8, 4) is 0 Å². The van der Waals surface area contributed by atoms with Crippen LogP contribution < -0.4 is 0 Å². The average molecular weight is 408 g/mol. The first kappa shape index (κ1) is 19.2. The van der Waals surface area contributed by atoms with Crippen molar-refractivity contribution in [3.63, 3.8) is 0 Å². The molecule has 0 N–H and O–H groups in total. The molecule has 4 heterocycles. The smallest absolute Gasteiger partial charge is 0.381 e. The van der Waals surface area contributed by atoms with Crippen LogP contribution in [0, 0.1) is 5.41 Å². The van der Waals surface area contributed by atoms with Crippen LogP contribution in [0.3, 0.4) is 0 Å². The third-order valence-corrected chi connectivity index (χ3v) is 7.99. The van der Waals surface area contributed by atoms with Crippen LogP contribution in [0.2, 0.25) is 0 Å². The van der Waals surface area contributed by atoms with Gasteiger partial charge in [-0.15, -0.1) is 0 Å². The van der Waals surface area contributed by atoms with Gasteiger partial charge >= 0.3 is 6.18 Å². The minimum Gasteiger partial charge on any atom is -0.381 e. The van der Waals surface area contributed by atoms with Crippen molar-refractivity contribution < 1.29 is 26.3 Å². The molecule has 7 nitrogen and oxygen atoms in total. The number of hydrogen-bond donors (Lipinski definition) is 0. The topological polar surface area (TPSA) is 67.7 Å². The Hall–Kier alpha value is -1.17. The highest BCUT2D eigenvalue weighted by Gasteiger charge is 2.58. The SMILES string of the molecule is Cn1nc(C(F)(F)F)cc1S(=O)(=O)N1CC2(CN(C3(C)CCOCC3)C2)C1. The van der Waals surface area contributed by atoms with Crippen LogP contribution >= 0.6 is 0 Å². The van der Waals surface area contributed by atoms with E-state index in [9.17, 15) is 21.6 Å². The lowest BCUT2D eigenvalue weighted by atomic mass is 9.71. The van der Waals surface area contributed by atoms with Crippen LogP contribution in [0.25, 0.3) is 0 Å². The first-order valence-electron chi connectivity index (χ1n) is 8.90. The molecule has 1 aromatic heterocycles. The standard InChI is InChI=1S/C16H23F3N4O3S/c1-14(3-5-26-6-4-14)22-8-15(9-22)10-23(11-15)27(24,25)13-7-12(16(17,18)19)20-21(13)2/h7H,3-6,8-11H2,1-2H3. The maximum absolute atomic E-state index is 12.8. The third kappa shape index (κ3) is 3.08. The molecule has 27 heavy (non-hydrogen) atoms. The van der Waals surface area contributed by atoms with Gasteiger partial charge in [0.05, 0.1) is 0 Å². The summed E-state index contributed by atoms with van der Waals surface area (Å²) >= 11 is 0. The number of hydrogen-bond acceptors (Lipinski definition) is 5. The van der Waals surface area contributed by atoms with E-state index in [1.165, 1.54) is 11.4 Å². The van der Waals surface area contributed by atoms with Gasteiger partial charge in [-0.2, -0.15) is 22.6 Å². The summed E-state index contributed by atoms with van der Waals surface area (Å²) in [7, 11) is -2.76. The Labute approximate surface area is 156 Å². The van der Waals surface area contributed by atoms with Gasteiger partial charge in [-0.3, -0.25) is 9.58 Å². The Kier molecular flexibility index (Phi) is 4.20. The summed E-state index contributed by atoms with van der Waals surface area (Å²) in [6.07, 6.45) is -2.75. The van der Waals surface area contributed by atoms with Gasteiger partial charge in [0, 0.05) is 63.5 Å². The normalized spacial score (nSPS) is 26.0. The number of nitrogens with zero attached hydrogens (tertiary/aromatic N) is 4. The molecule has 0 aliphatic carbocycles. The molecule has 1 aromatic rings. The maximum atomic E-state index is 12.8. The Balaban J connectivity index is 1.42. The van der Waals surface area contributed by atoms with Crippen molar-refractivity contribution in [1.29, 1.82) is 0 Å². The van der Waals surface area contributed by atoms with Gasteiger partial charge in [0.15, 0.2) is 10.7 Å². The molecule has 152 valence electrons. The van der Waals surface area contributed by atoms with Gasteiger partial charge in [0.1, 0.15) is 0 Å². The molecule has 0 radical (unpaired) electrons. The van der Waals surface area contributed by atoms with E-state index in [1.807, 2.05) is 0 Å². The van der Waals surface area contributed by atoms with Crippen LogP contribution in [0.5, 0.6) is 0 Å². The molecule has 0 bridgehead atoms. The Bertz CT molecular complexity index is 832. The summed E-state index contributed by atoms with van der Waals surface area (Å²) in [4.78, 5) is 2.38. The molecule has 0 amide bonds. The van der Waals surface area contributed by atoms with Gasteiger partial charge in [0.25, 0.3) is 10.0 Å². The number of aromatic nitrogens is 2. The van der Waals surface area contributed by atoms with Crippen LogP contribution in [0.15, 0.2) is 11.1 Å². The first-order valence-corrected chi connectivity index (χ1v) is 10.3.